The molecule has 160 valence electrons. The zero-order valence-corrected chi connectivity index (χ0v) is 16.5. The summed E-state index contributed by atoms with van der Waals surface area (Å²) in [5, 5.41) is 15.0. The maximum atomic E-state index is 13.0. The van der Waals surface area contributed by atoms with Gasteiger partial charge in [-0.05, 0) is 24.3 Å². The number of benzene rings is 1. The zero-order chi connectivity index (χ0) is 22.3. The summed E-state index contributed by atoms with van der Waals surface area (Å²) in [7, 11) is 0. The number of para-hydroxylation sites is 1. The minimum absolute atomic E-state index is 0.0904. The number of carbonyl (C=O) groups is 1. The predicted molar refractivity (Wildman–Crippen MR) is 112 cm³/mol. The molecule has 0 fully saturated rings. The van der Waals surface area contributed by atoms with Gasteiger partial charge in [0.1, 0.15) is 5.82 Å². The van der Waals surface area contributed by atoms with E-state index in [2.05, 4.69) is 21.7 Å². The number of nitrogens with one attached hydrogen (secondary N) is 2. The number of amides is 1. The van der Waals surface area contributed by atoms with E-state index < -0.39 is 11.7 Å². The van der Waals surface area contributed by atoms with E-state index >= 15 is 0 Å². The monoisotopic (exact) mass is 427 g/mol. The molecular weight excluding hydrogens is 407 g/mol. The molecule has 0 atom stereocenters. The molecule has 31 heavy (non-hydrogen) atoms. The molecule has 1 amide bonds. The van der Waals surface area contributed by atoms with Crippen LogP contribution in [-0.2, 0) is 17.5 Å². The Bertz CT molecular complexity index is 1130. The fraction of sp³-hybridized carbons (Fsp3) is 0.227. The second kappa shape index (κ2) is 9.80. The number of aryl methyl sites for hydroxylation is 1. The lowest BCUT2D eigenvalue weighted by Gasteiger charge is -2.13. The lowest BCUT2D eigenvalue weighted by molar-refractivity contribution is -0.137. The maximum Gasteiger partial charge on any atom is 0.419 e. The fourth-order valence-corrected chi connectivity index (χ4v) is 3.13. The molecule has 0 unspecified atom stereocenters. The van der Waals surface area contributed by atoms with Gasteiger partial charge in [-0.25, -0.2) is 4.98 Å². The Morgan fingerprint density at radius 1 is 1.19 bits per heavy atom. The summed E-state index contributed by atoms with van der Waals surface area (Å²) >= 11 is 0. The fourth-order valence-electron chi connectivity index (χ4n) is 3.13. The largest absolute Gasteiger partial charge is 0.419 e. The third-order valence-electron chi connectivity index (χ3n) is 4.53. The Morgan fingerprint density at radius 2 is 2.00 bits per heavy atom. The Labute approximate surface area is 177 Å². The summed E-state index contributed by atoms with van der Waals surface area (Å²) in [6.45, 7) is 0.768. The van der Waals surface area contributed by atoms with Crippen molar-refractivity contribution in [1.29, 1.82) is 5.26 Å². The van der Waals surface area contributed by atoms with E-state index in [-0.39, 0.29) is 24.8 Å². The number of pyridine rings is 1. The number of carbonyl (C=O) groups excluding carboxylic acids is 1. The number of aromatic nitrogens is 2. The van der Waals surface area contributed by atoms with Crippen molar-refractivity contribution in [3.05, 3.63) is 66.0 Å². The van der Waals surface area contributed by atoms with E-state index in [0.29, 0.717) is 13.0 Å². The van der Waals surface area contributed by atoms with Gasteiger partial charge in [-0.3, -0.25) is 4.79 Å². The summed E-state index contributed by atoms with van der Waals surface area (Å²) in [6, 6.07) is 12.0. The standard InChI is InChI=1S/C22H20F3N5O/c23-22(24,25)18-6-3-11-28-21(18)29-13-12-27-20(31)9-8-16-15-30(14-4-10-26)19-7-2-1-5-17(16)19/h1-3,5-9,11,15H,4,12-14H2,(H,27,31)(H,28,29)/b9-8+. The molecule has 1 aromatic carbocycles. The van der Waals surface area contributed by atoms with Crippen molar-refractivity contribution in [3.8, 4) is 6.07 Å². The molecular formula is C22H20F3N5O. The van der Waals surface area contributed by atoms with Crippen molar-refractivity contribution >= 4 is 28.7 Å². The highest BCUT2D eigenvalue weighted by Crippen LogP contribution is 2.33. The number of nitrogens with zero attached hydrogens (tertiary/aromatic N) is 3. The van der Waals surface area contributed by atoms with Crippen LogP contribution in [0.5, 0.6) is 0 Å². The lowest BCUT2D eigenvalue weighted by atomic mass is 10.1. The van der Waals surface area contributed by atoms with E-state index in [1.807, 2.05) is 35.0 Å². The molecule has 0 saturated carbocycles. The third kappa shape index (κ3) is 5.63. The minimum Gasteiger partial charge on any atom is -0.368 e. The van der Waals surface area contributed by atoms with E-state index in [1.165, 1.54) is 18.3 Å². The van der Waals surface area contributed by atoms with Crippen LogP contribution in [0.1, 0.15) is 17.5 Å². The van der Waals surface area contributed by atoms with Gasteiger partial charge in [0.25, 0.3) is 0 Å². The number of halogens is 3. The summed E-state index contributed by atoms with van der Waals surface area (Å²) in [6.07, 6.45) is 2.07. The number of alkyl halides is 3. The molecule has 0 aliphatic rings. The van der Waals surface area contributed by atoms with Crippen molar-refractivity contribution in [2.45, 2.75) is 19.1 Å². The van der Waals surface area contributed by atoms with Crippen LogP contribution in [-0.4, -0.2) is 28.5 Å². The number of rotatable bonds is 8. The Hall–Kier alpha value is -3.80. The Kier molecular flexibility index (Phi) is 6.92. The van der Waals surface area contributed by atoms with Gasteiger partial charge in [-0.1, -0.05) is 18.2 Å². The summed E-state index contributed by atoms with van der Waals surface area (Å²) in [4.78, 5) is 15.8. The van der Waals surface area contributed by atoms with Crippen LogP contribution in [0.15, 0.2) is 54.9 Å². The average molecular weight is 427 g/mol. The number of nitriles is 1. The highest BCUT2D eigenvalue weighted by Gasteiger charge is 2.33. The van der Waals surface area contributed by atoms with Gasteiger partial charge in [0.05, 0.1) is 18.1 Å². The highest BCUT2D eigenvalue weighted by atomic mass is 19.4. The third-order valence-corrected chi connectivity index (χ3v) is 4.53. The van der Waals surface area contributed by atoms with Gasteiger partial charge in [0.15, 0.2) is 0 Å². The first kappa shape index (κ1) is 21.9. The van der Waals surface area contributed by atoms with E-state index in [1.54, 1.807) is 6.08 Å². The van der Waals surface area contributed by atoms with E-state index in [9.17, 15) is 18.0 Å². The predicted octanol–water partition coefficient (Wildman–Crippen LogP) is 4.21. The van der Waals surface area contributed by atoms with Crippen LogP contribution in [0.4, 0.5) is 19.0 Å². The molecule has 2 heterocycles. The SMILES string of the molecule is N#CCCn1cc(/C=C/C(=O)NCCNc2ncccc2C(F)(F)F)c2ccccc21. The molecule has 0 aliphatic heterocycles. The lowest BCUT2D eigenvalue weighted by Crippen LogP contribution is -2.27. The Balaban J connectivity index is 1.57. The quantitative estimate of drug-likeness (QED) is 0.417. The molecule has 0 saturated heterocycles. The summed E-state index contributed by atoms with van der Waals surface area (Å²) in [5.74, 6) is -0.641. The van der Waals surface area contributed by atoms with Crippen molar-refractivity contribution in [2.75, 3.05) is 18.4 Å². The van der Waals surface area contributed by atoms with E-state index in [0.717, 1.165) is 22.5 Å². The molecule has 2 aromatic heterocycles. The van der Waals surface area contributed by atoms with Crippen molar-refractivity contribution in [2.24, 2.45) is 0 Å². The van der Waals surface area contributed by atoms with Crippen LogP contribution in [0, 0.1) is 11.3 Å². The first-order valence-electron chi connectivity index (χ1n) is 9.57. The summed E-state index contributed by atoms with van der Waals surface area (Å²) < 4.78 is 40.8. The molecule has 0 spiro atoms. The normalized spacial score (nSPS) is 11.5. The van der Waals surface area contributed by atoms with Gasteiger partial charge < -0.3 is 15.2 Å². The molecule has 6 nitrogen and oxygen atoms in total. The van der Waals surface area contributed by atoms with Gasteiger partial charge in [0, 0.05) is 54.6 Å². The number of fused-ring (bicyclic) bond motifs is 1. The number of hydrogen-bond donors (Lipinski definition) is 2. The van der Waals surface area contributed by atoms with Crippen molar-refractivity contribution in [3.63, 3.8) is 0 Å². The maximum absolute atomic E-state index is 13.0. The van der Waals surface area contributed by atoms with E-state index in [4.69, 9.17) is 5.26 Å². The van der Waals surface area contributed by atoms with Gasteiger partial charge in [-0.15, -0.1) is 0 Å². The molecule has 3 rings (SSSR count). The van der Waals surface area contributed by atoms with Crippen molar-refractivity contribution in [1.82, 2.24) is 14.9 Å². The second-order valence-electron chi connectivity index (χ2n) is 6.65. The Morgan fingerprint density at radius 3 is 2.77 bits per heavy atom. The molecule has 3 aromatic rings. The number of hydrogen-bond acceptors (Lipinski definition) is 4. The van der Waals surface area contributed by atoms with Crippen molar-refractivity contribution < 1.29 is 18.0 Å². The van der Waals surface area contributed by atoms with Gasteiger partial charge >= 0.3 is 6.18 Å². The first-order valence-corrected chi connectivity index (χ1v) is 9.57. The molecule has 0 bridgehead atoms. The zero-order valence-electron chi connectivity index (χ0n) is 16.5. The number of anilines is 1. The summed E-state index contributed by atoms with van der Waals surface area (Å²) in [5.41, 5.74) is 0.956. The minimum atomic E-state index is -4.50. The average Bonchev–Trinajstić information content (AvgIpc) is 3.11. The van der Waals surface area contributed by atoms with Crippen LogP contribution in [0.25, 0.3) is 17.0 Å². The molecule has 9 heteroatoms. The van der Waals surface area contributed by atoms with Crippen LogP contribution >= 0.6 is 0 Å². The first-order chi connectivity index (χ1) is 14.9. The van der Waals surface area contributed by atoms with Gasteiger partial charge in [0.2, 0.25) is 5.91 Å². The smallest absolute Gasteiger partial charge is 0.368 e. The van der Waals surface area contributed by atoms with Gasteiger partial charge in [-0.2, -0.15) is 18.4 Å². The topological polar surface area (TPSA) is 82.7 Å². The highest BCUT2D eigenvalue weighted by molar-refractivity contribution is 5.96. The van der Waals surface area contributed by atoms with Crippen LogP contribution in [0.2, 0.25) is 0 Å². The van der Waals surface area contributed by atoms with Crippen LogP contribution in [0.3, 0.4) is 0 Å². The molecule has 0 aliphatic carbocycles. The molecule has 2 N–H and O–H groups in total. The van der Waals surface area contributed by atoms with Crippen LogP contribution < -0.4 is 10.6 Å². The second-order valence-corrected chi connectivity index (χ2v) is 6.65. The molecule has 0 radical (unpaired) electrons.